The lowest BCUT2D eigenvalue weighted by atomic mass is 9.88. The minimum Gasteiger partial charge on any atom is -0.508 e. The molecule has 7 aromatic rings. The first-order valence-corrected chi connectivity index (χ1v) is 18.8. The van der Waals surface area contributed by atoms with Crippen molar-refractivity contribution >= 4 is 45.2 Å². The second-order valence-electron chi connectivity index (χ2n) is 14.8. The Morgan fingerprint density at radius 2 is 1.42 bits per heavy atom. The third-order valence-electron chi connectivity index (χ3n) is 11.4. The van der Waals surface area contributed by atoms with Crippen LogP contribution in [0.3, 0.4) is 0 Å². The fraction of sp³-hybridized carbons (Fsp3) is 0.167. The number of allylic oxidation sites excluding steroid dienone is 6. The molecule has 4 heterocycles. The third kappa shape index (κ3) is 5.22. The third-order valence-corrected chi connectivity index (χ3v) is 11.4. The van der Waals surface area contributed by atoms with E-state index in [0.29, 0.717) is 11.7 Å². The fourth-order valence-corrected chi connectivity index (χ4v) is 8.91. The summed E-state index contributed by atoms with van der Waals surface area (Å²) in [6, 6.07) is 25.9. The minimum atomic E-state index is 0.316. The topological polar surface area (TPSA) is 55.9 Å². The molecule has 0 radical (unpaired) electrons. The molecule has 53 heavy (non-hydrogen) atoms. The Balaban J connectivity index is 1.02. The van der Waals surface area contributed by atoms with E-state index >= 15 is 0 Å². The fourth-order valence-electron chi connectivity index (χ4n) is 8.91. The Kier molecular flexibility index (Phi) is 7.43. The molecule has 3 aromatic carbocycles. The van der Waals surface area contributed by atoms with Crippen molar-refractivity contribution in [3.8, 4) is 33.7 Å². The lowest BCUT2D eigenvalue weighted by Gasteiger charge is -2.22. The van der Waals surface area contributed by atoms with Gasteiger partial charge < -0.3 is 14.2 Å². The first kappa shape index (κ1) is 31.5. The zero-order valence-corrected chi connectivity index (χ0v) is 30.1. The van der Waals surface area contributed by atoms with Crippen molar-refractivity contribution in [2.45, 2.75) is 46.0 Å². The average Bonchev–Trinajstić information content (AvgIpc) is 3.69. The zero-order chi connectivity index (χ0) is 35.6. The molecule has 3 aliphatic carbocycles. The highest BCUT2D eigenvalue weighted by Crippen LogP contribution is 2.42. The van der Waals surface area contributed by atoms with Crippen LogP contribution in [0.1, 0.15) is 59.8 Å². The maximum absolute atomic E-state index is 10.4. The van der Waals surface area contributed by atoms with E-state index in [1.54, 1.807) is 6.07 Å². The van der Waals surface area contributed by atoms with Gasteiger partial charge in [0.15, 0.2) is 0 Å². The smallest absolute Gasteiger partial charge is 0.116 e. The van der Waals surface area contributed by atoms with Gasteiger partial charge in [0.2, 0.25) is 0 Å². The Morgan fingerprint density at radius 3 is 2.23 bits per heavy atom. The molecule has 0 bridgehead atoms. The summed E-state index contributed by atoms with van der Waals surface area (Å²) in [5.41, 5.74) is 18.4. The summed E-state index contributed by atoms with van der Waals surface area (Å²) >= 11 is 0. The van der Waals surface area contributed by atoms with Gasteiger partial charge in [0.05, 0.1) is 11.0 Å². The Morgan fingerprint density at radius 1 is 0.679 bits per heavy atom. The summed E-state index contributed by atoms with van der Waals surface area (Å²) in [6.07, 6.45) is 26.4. The van der Waals surface area contributed by atoms with Gasteiger partial charge in [-0.15, -0.1) is 0 Å². The number of fused-ring (bicyclic) bond motifs is 6. The van der Waals surface area contributed by atoms with E-state index < -0.39 is 0 Å². The van der Waals surface area contributed by atoms with Crippen molar-refractivity contribution in [2.75, 3.05) is 0 Å². The van der Waals surface area contributed by atoms with Gasteiger partial charge in [0.25, 0.3) is 0 Å². The van der Waals surface area contributed by atoms with Crippen molar-refractivity contribution in [3.05, 3.63) is 156 Å². The van der Waals surface area contributed by atoms with Crippen LogP contribution in [0.15, 0.2) is 122 Å². The van der Waals surface area contributed by atoms with Crippen LogP contribution >= 0.6 is 0 Å². The van der Waals surface area contributed by atoms with Crippen molar-refractivity contribution in [3.63, 3.8) is 0 Å². The van der Waals surface area contributed by atoms with Crippen LogP contribution < -0.4 is 0 Å². The molecule has 0 fully saturated rings. The number of hydrogen-bond acceptors (Lipinski definition) is 3. The summed E-state index contributed by atoms with van der Waals surface area (Å²) < 4.78 is 4.82. The van der Waals surface area contributed by atoms with Crippen LogP contribution in [-0.2, 0) is 12.8 Å². The van der Waals surface area contributed by atoms with Crippen LogP contribution in [0, 0.1) is 12.8 Å². The number of benzene rings is 3. The number of aromatic nitrogens is 4. The number of hydrogen-bond donors (Lipinski definition) is 1. The molecule has 1 N–H and O–H groups in total. The number of aromatic hydroxyl groups is 1. The molecule has 258 valence electrons. The maximum atomic E-state index is 10.4. The molecule has 1 atom stereocenters. The molecule has 0 saturated carbocycles. The van der Waals surface area contributed by atoms with Gasteiger partial charge in [-0.3, -0.25) is 9.97 Å². The van der Waals surface area contributed by atoms with Gasteiger partial charge in [-0.2, -0.15) is 0 Å². The number of phenolic OH excluding ortho intramolecular Hbond substituents is 1. The Labute approximate surface area is 309 Å². The molecule has 4 aromatic heterocycles. The number of rotatable bonds is 5. The molecule has 3 aliphatic rings. The summed E-state index contributed by atoms with van der Waals surface area (Å²) in [6.45, 7) is 4.43. The van der Waals surface area contributed by atoms with Gasteiger partial charge in [-0.25, -0.2) is 0 Å². The van der Waals surface area contributed by atoms with Gasteiger partial charge in [-0.05, 0) is 151 Å². The average molecular weight is 689 g/mol. The van der Waals surface area contributed by atoms with Crippen molar-refractivity contribution in [1.29, 1.82) is 0 Å². The van der Waals surface area contributed by atoms with E-state index in [9.17, 15) is 5.11 Å². The lowest BCUT2D eigenvalue weighted by molar-refractivity contribution is 0.476. The summed E-state index contributed by atoms with van der Waals surface area (Å²) in [7, 11) is 0. The molecule has 10 rings (SSSR count). The molecule has 0 spiro atoms. The molecule has 1 unspecified atom stereocenters. The highest BCUT2D eigenvalue weighted by Gasteiger charge is 2.24. The maximum Gasteiger partial charge on any atom is 0.116 e. The standard InChI is InChI=1S/C48H40N4O/c1-30-7-18-46-40(25-30)39-5-3-4-6-45(39)51(46)34-13-9-32(10-14-34)37-21-23-49-28-43(37)44-29-50-24-22-38(44)33-11-15-35(16-12-33)52-47-19-8-31(2)26-41(47)42-27-36(53)17-20-48(42)52/h4,6-11,13-15,17-25,27-29,31,53H,3,5,12,16,26H2,1-2H3. The van der Waals surface area contributed by atoms with Crippen molar-refractivity contribution < 1.29 is 5.11 Å². The number of nitrogens with zero attached hydrogens (tertiary/aromatic N) is 4. The van der Waals surface area contributed by atoms with Crippen LogP contribution in [0.25, 0.3) is 73.2 Å². The minimum absolute atomic E-state index is 0.316. The quantitative estimate of drug-likeness (QED) is 0.196. The second-order valence-corrected chi connectivity index (χ2v) is 14.8. The van der Waals surface area contributed by atoms with E-state index in [2.05, 4.69) is 130 Å². The van der Waals surface area contributed by atoms with E-state index in [0.717, 1.165) is 65.3 Å². The van der Waals surface area contributed by atoms with Crippen LogP contribution in [0.5, 0.6) is 5.75 Å². The molecule has 0 amide bonds. The highest BCUT2D eigenvalue weighted by molar-refractivity contribution is 5.95. The molecule has 0 saturated heterocycles. The molecule has 5 nitrogen and oxygen atoms in total. The predicted molar refractivity (Wildman–Crippen MR) is 219 cm³/mol. The highest BCUT2D eigenvalue weighted by atomic mass is 16.3. The van der Waals surface area contributed by atoms with E-state index in [1.165, 1.54) is 61.5 Å². The monoisotopic (exact) mass is 688 g/mol. The second kappa shape index (κ2) is 12.5. The van der Waals surface area contributed by atoms with E-state index in [4.69, 9.17) is 0 Å². The first-order valence-electron chi connectivity index (χ1n) is 18.8. The van der Waals surface area contributed by atoms with Crippen LogP contribution in [-0.4, -0.2) is 24.2 Å². The van der Waals surface area contributed by atoms with Gasteiger partial charge in [0.1, 0.15) is 5.75 Å². The Hall–Kier alpha value is -6.20. The van der Waals surface area contributed by atoms with E-state index in [-0.39, 0.29) is 0 Å². The summed E-state index contributed by atoms with van der Waals surface area (Å²) in [5, 5.41) is 12.9. The molecule has 0 aliphatic heterocycles. The Bertz CT molecular complexity index is 2730. The predicted octanol–water partition coefficient (Wildman–Crippen LogP) is 11.6. The first-order chi connectivity index (χ1) is 26.0. The van der Waals surface area contributed by atoms with Crippen molar-refractivity contribution in [1.82, 2.24) is 19.1 Å². The normalized spacial score (nSPS) is 16.5. The largest absolute Gasteiger partial charge is 0.508 e. The van der Waals surface area contributed by atoms with Gasteiger partial charge in [0, 0.05) is 69.5 Å². The summed E-state index contributed by atoms with van der Waals surface area (Å²) in [4.78, 5) is 9.22. The SMILES string of the molecule is Cc1ccc2c(c1)c1c(n2-c2ccc(-c3ccncc3-c3cnccc3C3=CC=C(n4c5c(c6cc(O)ccc64)CC(C)C=C5)CC3)cc2)C=CCC1. The van der Waals surface area contributed by atoms with E-state index in [1.807, 2.05) is 30.9 Å². The molecule has 5 heteroatoms. The number of aryl methyl sites for hydroxylation is 2. The molecular weight excluding hydrogens is 649 g/mol. The van der Waals surface area contributed by atoms with Crippen LogP contribution in [0.4, 0.5) is 0 Å². The summed E-state index contributed by atoms with van der Waals surface area (Å²) in [5.74, 6) is 0.791. The zero-order valence-electron chi connectivity index (χ0n) is 30.1. The van der Waals surface area contributed by atoms with Gasteiger partial charge in [-0.1, -0.05) is 48.9 Å². The van der Waals surface area contributed by atoms with Gasteiger partial charge >= 0.3 is 0 Å². The number of phenols is 1. The number of pyridine rings is 2. The van der Waals surface area contributed by atoms with Crippen LogP contribution in [0.2, 0.25) is 0 Å². The molecular formula is C48H40N4O. The lowest BCUT2D eigenvalue weighted by Crippen LogP contribution is -2.07. The van der Waals surface area contributed by atoms with Crippen molar-refractivity contribution in [2.24, 2.45) is 5.92 Å².